The number of aliphatic hydroxyl groups excluding tert-OH is 1. The number of aliphatic hydroxyl groups is 1. The highest BCUT2D eigenvalue weighted by Crippen LogP contribution is 2.66. The first-order valence-corrected chi connectivity index (χ1v) is 12.1. The molecule has 16 nitrogen and oxygen atoms in total. The second-order valence-electron chi connectivity index (χ2n) is 5.88. The van der Waals surface area contributed by atoms with Gasteiger partial charge in [0, 0.05) is 12.6 Å². The third-order valence-corrected chi connectivity index (χ3v) is 7.21. The van der Waals surface area contributed by atoms with Gasteiger partial charge in [0.25, 0.3) is 5.56 Å². The Morgan fingerprint density at radius 1 is 1.26 bits per heavy atom. The maximum absolute atomic E-state index is 14.8. The van der Waals surface area contributed by atoms with Crippen LogP contribution < -0.4 is 11.2 Å². The Bertz CT molecular complexity index is 1150. The van der Waals surface area contributed by atoms with Gasteiger partial charge in [-0.2, -0.15) is 8.62 Å². The summed E-state index contributed by atoms with van der Waals surface area (Å²) in [6.45, 7) is -1.52. The number of phosphoric acid groups is 3. The van der Waals surface area contributed by atoms with Crippen LogP contribution in [0.15, 0.2) is 15.8 Å². The summed E-state index contributed by atoms with van der Waals surface area (Å²) in [5, 5.41) is 10.0. The van der Waals surface area contributed by atoms with Crippen molar-refractivity contribution in [3.63, 3.8) is 0 Å². The predicted octanol–water partition coefficient (Wildman–Crippen LogP) is -1.19. The van der Waals surface area contributed by atoms with Gasteiger partial charge in [0.15, 0.2) is 6.23 Å². The maximum atomic E-state index is 14.8. The molecule has 0 amide bonds. The summed E-state index contributed by atoms with van der Waals surface area (Å²) >= 11 is 0. The van der Waals surface area contributed by atoms with Crippen molar-refractivity contribution in [2.45, 2.75) is 24.6 Å². The number of nitrogens with one attached hydrogen (secondary N) is 1. The molecule has 1 fully saturated rings. The van der Waals surface area contributed by atoms with E-state index in [1.54, 1.807) is 0 Å². The summed E-state index contributed by atoms with van der Waals surface area (Å²) in [7, 11) is -17.1. The topological polar surface area (TPSA) is 244 Å². The molecule has 0 aliphatic carbocycles. The number of halogens is 1. The molecule has 0 spiro atoms. The van der Waals surface area contributed by atoms with Gasteiger partial charge in [-0.1, -0.05) is 5.92 Å². The van der Waals surface area contributed by atoms with Gasteiger partial charge < -0.3 is 29.4 Å². The molecule has 2 unspecified atom stereocenters. The minimum atomic E-state index is -5.82. The molecular weight excluding hydrogens is 496 g/mol. The van der Waals surface area contributed by atoms with E-state index in [0.29, 0.717) is 4.57 Å². The zero-order valence-corrected chi connectivity index (χ0v) is 17.5. The second-order valence-corrected chi connectivity index (χ2v) is 10.3. The van der Waals surface area contributed by atoms with Crippen molar-refractivity contribution in [3.05, 3.63) is 32.6 Å². The van der Waals surface area contributed by atoms with Gasteiger partial charge in [-0.15, -0.1) is 6.42 Å². The molecule has 0 aromatic carbocycles. The smallest absolute Gasteiger partial charge is 0.388 e. The lowest BCUT2D eigenvalue weighted by Gasteiger charge is -2.22. The number of ether oxygens (including phenoxy) is 1. The van der Waals surface area contributed by atoms with Gasteiger partial charge in [-0.05, 0) is 0 Å². The monoisotopic (exact) mass is 510 g/mol. The van der Waals surface area contributed by atoms with Crippen LogP contribution in [0.3, 0.4) is 0 Å². The van der Waals surface area contributed by atoms with E-state index in [9.17, 15) is 37.7 Å². The van der Waals surface area contributed by atoms with Crippen molar-refractivity contribution in [2.75, 3.05) is 6.61 Å². The SMILES string of the molecule is C#Cc1cn([C@@H]2O[C@](F)(COP(=O)(O)OP(=O)(O)OP(=O)(O)O)C[C@H]2O)c(=O)[nH]c1=O. The Hall–Kier alpha value is -1.50. The fourth-order valence-electron chi connectivity index (χ4n) is 2.35. The Balaban J connectivity index is 2.14. The van der Waals surface area contributed by atoms with E-state index in [-0.39, 0.29) is 5.56 Å². The van der Waals surface area contributed by atoms with E-state index in [1.165, 1.54) is 0 Å². The van der Waals surface area contributed by atoms with Crippen LogP contribution in [0.5, 0.6) is 0 Å². The van der Waals surface area contributed by atoms with Crippen LogP contribution in [-0.2, 0) is 31.6 Å². The number of rotatable bonds is 8. The van der Waals surface area contributed by atoms with Crippen molar-refractivity contribution in [1.82, 2.24) is 9.55 Å². The largest absolute Gasteiger partial charge is 0.490 e. The average Bonchev–Trinajstić information content (AvgIpc) is 2.85. The first-order chi connectivity index (χ1) is 14.0. The summed E-state index contributed by atoms with van der Waals surface area (Å²) in [5.41, 5.74) is -2.43. The molecule has 2 heterocycles. The molecule has 1 aliphatic heterocycles. The molecule has 174 valence electrons. The molecule has 2 rings (SSSR count). The minimum absolute atomic E-state index is 0.361. The van der Waals surface area contributed by atoms with Crippen LogP contribution >= 0.6 is 23.5 Å². The number of hydrogen-bond acceptors (Lipinski definition) is 10. The van der Waals surface area contributed by atoms with Crippen LogP contribution in [0.4, 0.5) is 4.39 Å². The van der Waals surface area contributed by atoms with E-state index in [2.05, 4.69) is 13.1 Å². The number of alkyl halides is 1. The van der Waals surface area contributed by atoms with Gasteiger partial charge in [0.2, 0.25) is 5.85 Å². The third-order valence-electron chi connectivity index (χ3n) is 3.43. The molecule has 0 bridgehead atoms. The van der Waals surface area contributed by atoms with Crippen molar-refractivity contribution >= 4 is 23.5 Å². The van der Waals surface area contributed by atoms with E-state index in [0.717, 1.165) is 6.20 Å². The highest BCUT2D eigenvalue weighted by molar-refractivity contribution is 7.66. The van der Waals surface area contributed by atoms with Crippen LogP contribution in [0, 0.1) is 12.3 Å². The molecular formula is C11H14FN2O14P3. The van der Waals surface area contributed by atoms with E-state index >= 15 is 0 Å². The second kappa shape index (κ2) is 8.80. The molecule has 31 heavy (non-hydrogen) atoms. The zero-order valence-electron chi connectivity index (χ0n) is 14.8. The first kappa shape index (κ1) is 25.8. The first-order valence-electron chi connectivity index (χ1n) is 7.61. The molecule has 5 atom stereocenters. The van der Waals surface area contributed by atoms with E-state index in [4.69, 9.17) is 25.8 Å². The van der Waals surface area contributed by atoms with Gasteiger partial charge >= 0.3 is 29.2 Å². The number of H-pyrrole nitrogens is 1. The van der Waals surface area contributed by atoms with Gasteiger partial charge in [-0.25, -0.2) is 22.9 Å². The molecule has 0 saturated carbocycles. The van der Waals surface area contributed by atoms with Crippen molar-refractivity contribution in [3.8, 4) is 12.3 Å². The Labute approximate surface area is 170 Å². The molecule has 1 aromatic heterocycles. The fraction of sp³-hybridized carbons (Fsp3) is 0.455. The van der Waals surface area contributed by atoms with Crippen LogP contribution in [0.1, 0.15) is 18.2 Å². The highest BCUT2D eigenvalue weighted by Gasteiger charge is 2.50. The number of aromatic nitrogens is 2. The number of hydrogen-bond donors (Lipinski definition) is 6. The normalized spacial score (nSPS) is 27.9. The maximum Gasteiger partial charge on any atom is 0.490 e. The minimum Gasteiger partial charge on any atom is -0.388 e. The van der Waals surface area contributed by atoms with Crippen molar-refractivity contribution in [2.24, 2.45) is 0 Å². The Morgan fingerprint density at radius 2 is 1.87 bits per heavy atom. The fourth-order valence-corrected chi connectivity index (χ4v) is 5.40. The molecule has 1 aromatic rings. The quantitative estimate of drug-likeness (QED) is 0.178. The van der Waals surface area contributed by atoms with Gasteiger partial charge in [0.1, 0.15) is 18.3 Å². The number of phosphoric ester groups is 1. The lowest BCUT2D eigenvalue weighted by molar-refractivity contribution is -0.178. The standard InChI is InChI=1S/C11H14FN2O14P3/c1-2-6-4-14(10(17)13-8(6)16)9-7(15)3-11(12,26-9)5-25-30(21,22)28-31(23,24)27-29(18,19)20/h1,4,7,9,15H,3,5H2,(H,21,22)(H,23,24)(H,13,16,17)(H2,18,19,20)/t7-,9-,11+/m1/s1. The van der Waals surface area contributed by atoms with E-state index in [1.807, 2.05) is 10.9 Å². The lowest BCUT2D eigenvalue weighted by atomic mass is 10.2. The molecule has 20 heteroatoms. The summed E-state index contributed by atoms with van der Waals surface area (Å²) in [6.07, 6.45) is 1.39. The van der Waals surface area contributed by atoms with Crippen LogP contribution in [-0.4, -0.2) is 52.8 Å². The lowest BCUT2D eigenvalue weighted by Crippen LogP contribution is -2.37. The summed E-state index contributed by atoms with van der Waals surface area (Å²) in [6, 6.07) is 0. The number of aromatic amines is 1. The van der Waals surface area contributed by atoms with Crippen molar-refractivity contribution in [1.29, 1.82) is 0 Å². The number of terminal acetylenes is 1. The molecule has 1 saturated heterocycles. The Kier molecular flexibility index (Phi) is 7.31. The van der Waals surface area contributed by atoms with Crippen LogP contribution in [0.25, 0.3) is 0 Å². The van der Waals surface area contributed by atoms with Crippen molar-refractivity contribution < 1.29 is 60.6 Å². The Morgan fingerprint density at radius 3 is 2.42 bits per heavy atom. The van der Waals surface area contributed by atoms with Gasteiger partial charge in [0.05, 0.1) is 0 Å². The molecule has 6 N–H and O–H groups in total. The highest BCUT2D eigenvalue weighted by atomic mass is 31.3. The predicted molar refractivity (Wildman–Crippen MR) is 93.7 cm³/mol. The summed E-state index contributed by atoms with van der Waals surface area (Å²) < 4.78 is 64.7. The number of nitrogens with zero attached hydrogens (tertiary/aromatic N) is 1. The molecule has 0 radical (unpaired) electrons. The van der Waals surface area contributed by atoms with Crippen LogP contribution in [0.2, 0.25) is 0 Å². The average molecular weight is 510 g/mol. The summed E-state index contributed by atoms with van der Waals surface area (Å²) in [5.74, 6) is -1.13. The van der Waals surface area contributed by atoms with E-state index < -0.39 is 65.9 Å². The zero-order chi connectivity index (χ0) is 23.8. The molecule has 1 aliphatic rings. The summed E-state index contributed by atoms with van der Waals surface area (Å²) in [4.78, 5) is 60.4. The van der Waals surface area contributed by atoms with Gasteiger partial charge in [-0.3, -0.25) is 18.9 Å². The third kappa shape index (κ3) is 6.99.